The molecule has 1 aromatic carbocycles. The van der Waals surface area contributed by atoms with Crippen LogP contribution in [0.4, 0.5) is 0 Å². The Hall–Kier alpha value is -0.341. The monoisotopic (exact) mass is 319 g/mol. The number of ketones is 1. The van der Waals surface area contributed by atoms with E-state index in [-0.39, 0.29) is 12.4 Å². The predicted octanol–water partition coefficient (Wildman–Crippen LogP) is -2.30. The largest absolute Gasteiger partial charge is 1.00 e. The van der Waals surface area contributed by atoms with Crippen molar-refractivity contribution in [2.45, 2.75) is 17.1 Å². The van der Waals surface area contributed by atoms with Crippen LogP contribution in [0.3, 0.4) is 0 Å². The van der Waals surface area contributed by atoms with E-state index in [9.17, 15) is 4.79 Å². The molecule has 1 saturated heterocycles. The summed E-state index contributed by atoms with van der Waals surface area (Å²) in [7, 11) is 0. The third kappa shape index (κ3) is 4.80. The van der Waals surface area contributed by atoms with Crippen LogP contribution in [-0.4, -0.2) is 40.4 Å². The number of carbonyl (C=O) groups excluding carboxylic acids is 1. The SMILES string of the molecule is O=C(CC[NH+]1CC[Se]CC1)c1ccccc1.[Cl-]. The molecule has 0 aromatic heterocycles. The summed E-state index contributed by atoms with van der Waals surface area (Å²) in [6.07, 6.45) is 0.701. The third-order valence-electron chi connectivity index (χ3n) is 3.00. The predicted molar refractivity (Wildman–Crippen MR) is 66.3 cm³/mol. The standard InChI is InChI=1S/C13H17NOSe.ClH/c15-13(12-4-2-1-3-5-12)6-7-14-8-10-16-11-9-14;/h1-5H,6-11H2;1H. The molecule has 2 nitrogen and oxygen atoms in total. The molecule has 2 rings (SSSR count). The van der Waals surface area contributed by atoms with Crippen LogP contribution in [0.5, 0.6) is 0 Å². The molecular formula is C13H18ClNOSe. The van der Waals surface area contributed by atoms with Gasteiger partial charge in [0.2, 0.25) is 0 Å². The summed E-state index contributed by atoms with van der Waals surface area (Å²) in [4.78, 5) is 13.5. The number of carbonyl (C=O) groups is 1. The van der Waals surface area contributed by atoms with E-state index in [0.29, 0.717) is 12.2 Å². The first kappa shape index (κ1) is 14.7. The van der Waals surface area contributed by atoms with Gasteiger partial charge in [0.1, 0.15) is 0 Å². The van der Waals surface area contributed by atoms with Gasteiger partial charge in [-0.05, 0) is 0 Å². The Morgan fingerprint density at radius 1 is 1.18 bits per heavy atom. The van der Waals surface area contributed by atoms with E-state index in [1.807, 2.05) is 30.3 Å². The Morgan fingerprint density at radius 3 is 2.47 bits per heavy atom. The van der Waals surface area contributed by atoms with Crippen molar-refractivity contribution in [3.63, 3.8) is 0 Å². The van der Waals surface area contributed by atoms with Gasteiger partial charge in [0.15, 0.2) is 0 Å². The molecule has 1 aliphatic heterocycles. The van der Waals surface area contributed by atoms with Crippen molar-refractivity contribution in [2.24, 2.45) is 0 Å². The van der Waals surface area contributed by atoms with E-state index in [1.54, 1.807) is 4.90 Å². The first-order valence-electron chi connectivity index (χ1n) is 5.86. The molecule has 1 aromatic rings. The molecule has 0 unspecified atom stereocenters. The van der Waals surface area contributed by atoms with Crippen molar-refractivity contribution in [1.29, 1.82) is 0 Å². The summed E-state index contributed by atoms with van der Waals surface area (Å²) in [6, 6.07) is 9.65. The van der Waals surface area contributed by atoms with Gasteiger partial charge in [0.05, 0.1) is 0 Å². The first-order valence-corrected chi connectivity index (χ1v) is 8.28. The molecule has 0 bridgehead atoms. The van der Waals surface area contributed by atoms with Crippen LogP contribution < -0.4 is 17.3 Å². The number of Topliss-reactive ketones (excluding diaryl/α,β-unsaturated/α-hetero) is 1. The van der Waals surface area contributed by atoms with Gasteiger partial charge >= 0.3 is 103 Å². The van der Waals surface area contributed by atoms with Gasteiger partial charge in [-0.15, -0.1) is 0 Å². The van der Waals surface area contributed by atoms with Crippen LogP contribution >= 0.6 is 0 Å². The maximum atomic E-state index is 11.9. The number of halogens is 1. The van der Waals surface area contributed by atoms with Gasteiger partial charge in [0, 0.05) is 0 Å². The van der Waals surface area contributed by atoms with Crippen molar-refractivity contribution in [3.8, 4) is 0 Å². The number of hydrogen-bond donors (Lipinski definition) is 1. The summed E-state index contributed by atoms with van der Waals surface area (Å²) in [6.45, 7) is 3.58. The number of rotatable bonds is 4. The zero-order chi connectivity index (χ0) is 11.2. The molecule has 1 N–H and O–H groups in total. The smallest absolute Gasteiger partial charge is 1.00 e. The van der Waals surface area contributed by atoms with Crippen molar-refractivity contribution in [1.82, 2.24) is 0 Å². The fourth-order valence-corrected chi connectivity index (χ4v) is 4.21. The Balaban J connectivity index is 0.00000144. The quantitative estimate of drug-likeness (QED) is 0.490. The number of benzene rings is 1. The van der Waals surface area contributed by atoms with Gasteiger partial charge in [0.25, 0.3) is 0 Å². The van der Waals surface area contributed by atoms with Gasteiger partial charge in [-0.2, -0.15) is 0 Å². The van der Waals surface area contributed by atoms with E-state index in [1.165, 1.54) is 23.7 Å². The first-order chi connectivity index (χ1) is 7.86. The summed E-state index contributed by atoms with van der Waals surface area (Å²) in [5.74, 6) is 0.296. The number of quaternary nitrogens is 1. The molecule has 0 saturated carbocycles. The Bertz CT molecular complexity index is 339. The summed E-state index contributed by atoms with van der Waals surface area (Å²) >= 11 is 0.882. The Labute approximate surface area is 115 Å². The molecule has 1 heterocycles. The molecule has 1 aliphatic rings. The summed E-state index contributed by atoms with van der Waals surface area (Å²) in [5, 5.41) is 2.78. The number of nitrogens with one attached hydrogen (secondary N) is 1. The van der Waals surface area contributed by atoms with Gasteiger partial charge < -0.3 is 12.4 Å². The van der Waals surface area contributed by atoms with Crippen LogP contribution in [0.25, 0.3) is 0 Å². The zero-order valence-electron chi connectivity index (χ0n) is 9.82. The average Bonchev–Trinajstić information content (AvgIpc) is 2.38. The van der Waals surface area contributed by atoms with E-state index in [0.717, 1.165) is 27.1 Å². The van der Waals surface area contributed by atoms with Crippen LogP contribution in [0.15, 0.2) is 30.3 Å². The average molecular weight is 319 g/mol. The van der Waals surface area contributed by atoms with Crippen LogP contribution in [0.1, 0.15) is 16.8 Å². The van der Waals surface area contributed by atoms with E-state index < -0.39 is 0 Å². The summed E-state index contributed by atoms with van der Waals surface area (Å²) < 4.78 is 0. The van der Waals surface area contributed by atoms with Gasteiger partial charge in [-0.25, -0.2) is 0 Å². The van der Waals surface area contributed by atoms with E-state index in [2.05, 4.69) is 0 Å². The minimum absolute atomic E-state index is 0. The van der Waals surface area contributed by atoms with Crippen LogP contribution in [-0.2, 0) is 0 Å². The van der Waals surface area contributed by atoms with Crippen LogP contribution in [0.2, 0.25) is 10.6 Å². The molecule has 0 aliphatic carbocycles. The molecule has 0 radical (unpaired) electrons. The van der Waals surface area contributed by atoms with E-state index in [4.69, 9.17) is 0 Å². The molecule has 94 valence electrons. The van der Waals surface area contributed by atoms with Crippen molar-refractivity contribution < 1.29 is 22.1 Å². The van der Waals surface area contributed by atoms with Crippen molar-refractivity contribution in [2.75, 3.05) is 19.6 Å². The molecule has 0 amide bonds. The van der Waals surface area contributed by atoms with Crippen molar-refractivity contribution >= 4 is 20.7 Å². The molecule has 17 heavy (non-hydrogen) atoms. The minimum atomic E-state index is 0. The number of hydrogen-bond acceptors (Lipinski definition) is 1. The fraction of sp³-hybridized carbons (Fsp3) is 0.462. The van der Waals surface area contributed by atoms with Gasteiger partial charge in [-0.1, -0.05) is 0 Å². The zero-order valence-corrected chi connectivity index (χ0v) is 12.3. The second-order valence-electron chi connectivity index (χ2n) is 4.15. The van der Waals surface area contributed by atoms with Gasteiger partial charge in [-0.3, -0.25) is 0 Å². The second kappa shape index (κ2) is 7.88. The van der Waals surface area contributed by atoms with Crippen molar-refractivity contribution in [3.05, 3.63) is 35.9 Å². The Morgan fingerprint density at radius 2 is 1.82 bits per heavy atom. The molecule has 4 heteroatoms. The normalized spacial score (nSPS) is 16.2. The second-order valence-corrected chi connectivity index (χ2v) is 6.72. The maximum absolute atomic E-state index is 11.9. The fourth-order valence-electron chi connectivity index (χ4n) is 1.97. The topological polar surface area (TPSA) is 21.5 Å². The third-order valence-corrected chi connectivity index (χ3v) is 5.07. The van der Waals surface area contributed by atoms with Crippen LogP contribution in [0, 0.1) is 0 Å². The molecule has 0 atom stereocenters. The Kier molecular flexibility index (Phi) is 6.83. The molecular weight excluding hydrogens is 301 g/mol. The molecule has 0 spiro atoms. The van der Waals surface area contributed by atoms with E-state index >= 15 is 0 Å². The maximum Gasteiger partial charge on any atom is -1.00 e. The summed E-state index contributed by atoms with van der Waals surface area (Å²) in [5.41, 5.74) is 0.864. The molecule has 1 fully saturated rings. The minimum Gasteiger partial charge on any atom is -1.00 e.